The molecule has 0 bridgehead atoms. The smallest absolute Gasteiger partial charge is 0.340 e. The van der Waals surface area contributed by atoms with E-state index >= 15 is 0 Å². The number of nitrogens with zero attached hydrogens (tertiary/aromatic N) is 1. The Bertz CT molecular complexity index is 533. The fourth-order valence-electron chi connectivity index (χ4n) is 3.08. The van der Waals surface area contributed by atoms with Gasteiger partial charge in [0, 0.05) is 12.6 Å². The highest BCUT2D eigenvalue weighted by atomic mass is 19.1. The van der Waals surface area contributed by atoms with E-state index in [2.05, 4.69) is 20.8 Å². The molecule has 2 rings (SSSR count). The molecule has 3 atom stereocenters. The van der Waals surface area contributed by atoms with Crippen molar-refractivity contribution in [3.63, 3.8) is 0 Å². The average Bonchev–Trinajstić information content (AvgIpc) is 2.36. The summed E-state index contributed by atoms with van der Waals surface area (Å²) >= 11 is 0. The number of nitrogens with two attached hydrogens (primary N) is 1. The van der Waals surface area contributed by atoms with Gasteiger partial charge in [-0.05, 0) is 37.3 Å². The van der Waals surface area contributed by atoms with Crippen LogP contribution in [-0.2, 0) is 0 Å². The van der Waals surface area contributed by atoms with E-state index in [1.165, 1.54) is 12.1 Å². The van der Waals surface area contributed by atoms with Gasteiger partial charge in [0.1, 0.15) is 11.4 Å². The summed E-state index contributed by atoms with van der Waals surface area (Å²) in [5, 5.41) is 9.35. The third-order valence-corrected chi connectivity index (χ3v) is 4.29. The van der Waals surface area contributed by atoms with Crippen molar-refractivity contribution < 1.29 is 14.3 Å². The lowest BCUT2D eigenvalue weighted by Gasteiger charge is -2.43. The van der Waals surface area contributed by atoms with Crippen LogP contribution in [0.2, 0.25) is 0 Å². The summed E-state index contributed by atoms with van der Waals surface area (Å²) in [5.41, 5.74) is 5.73. The lowest BCUT2D eigenvalue weighted by Crippen LogP contribution is -2.46. The number of halogens is 1. The standard InChI is InChI=1S/C15H21FN2O2/c1-8-6-9(2)10(3)18(7-8)12-5-4-11(16)14(17)13(12)15(19)20/h4-5,8-10H,6-7,17H2,1-3H3,(H,19,20). The molecule has 1 saturated heterocycles. The number of rotatable bonds is 2. The molecule has 0 amide bonds. The van der Waals surface area contributed by atoms with Gasteiger partial charge < -0.3 is 15.7 Å². The molecule has 1 aromatic rings. The molecule has 4 nitrogen and oxygen atoms in total. The molecule has 0 aromatic heterocycles. The topological polar surface area (TPSA) is 66.6 Å². The van der Waals surface area contributed by atoms with Crippen LogP contribution in [0.1, 0.15) is 37.6 Å². The highest BCUT2D eigenvalue weighted by Crippen LogP contribution is 2.35. The first-order valence-electron chi connectivity index (χ1n) is 6.90. The molecule has 0 saturated carbocycles. The van der Waals surface area contributed by atoms with Crippen molar-refractivity contribution >= 4 is 17.3 Å². The Morgan fingerprint density at radius 3 is 2.65 bits per heavy atom. The van der Waals surface area contributed by atoms with E-state index in [9.17, 15) is 14.3 Å². The fraction of sp³-hybridized carbons (Fsp3) is 0.533. The number of piperidine rings is 1. The van der Waals surface area contributed by atoms with Crippen molar-refractivity contribution in [2.24, 2.45) is 11.8 Å². The lowest BCUT2D eigenvalue weighted by molar-refractivity contribution is 0.0698. The minimum atomic E-state index is -1.19. The van der Waals surface area contributed by atoms with Crippen LogP contribution in [0.25, 0.3) is 0 Å². The number of hydrogen-bond donors (Lipinski definition) is 2. The molecule has 0 aliphatic carbocycles. The zero-order valence-corrected chi connectivity index (χ0v) is 12.1. The Balaban J connectivity index is 2.51. The number of nitrogen functional groups attached to an aromatic ring is 1. The van der Waals surface area contributed by atoms with Crippen molar-refractivity contribution in [2.45, 2.75) is 33.2 Å². The van der Waals surface area contributed by atoms with Gasteiger partial charge in [0.2, 0.25) is 0 Å². The van der Waals surface area contributed by atoms with Crippen LogP contribution in [0.4, 0.5) is 15.8 Å². The lowest BCUT2D eigenvalue weighted by atomic mass is 9.85. The molecule has 110 valence electrons. The van der Waals surface area contributed by atoms with Gasteiger partial charge in [0.25, 0.3) is 0 Å². The molecular formula is C15H21FN2O2. The summed E-state index contributed by atoms with van der Waals surface area (Å²) in [5.74, 6) is -0.951. The van der Waals surface area contributed by atoms with E-state index in [4.69, 9.17) is 5.73 Å². The maximum atomic E-state index is 13.5. The molecule has 1 heterocycles. The summed E-state index contributed by atoms with van der Waals surface area (Å²) < 4.78 is 13.5. The number of carboxylic acids is 1. The van der Waals surface area contributed by atoms with Crippen LogP contribution in [0.3, 0.4) is 0 Å². The monoisotopic (exact) mass is 280 g/mol. The average molecular weight is 280 g/mol. The van der Waals surface area contributed by atoms with Gasteiger partial charge in [-0.1, -0.05) is 13.8 Å². The first kappa shape index (κ1) is 14.6. The molecule has 1 aliphatic heterocycles. The Kier molecular flexibility index (Phi) is 3.88. The predicted molar refractivity (Wildman–Crippen MR) is 77.5 cm³/mol. The van der Waals surface area contributed by atoms with E-state index in [0.717, 1.165) is 13.0 Å². The summed E-state index contributed by atoms with van der Waals surface area (Å²) in [7, 11) is 0. The second-order valence-corrected chi connectivity index (χ2v) is 5.87. The largest absolute Gasteiger partial charge is 0.478 e. The highest BCUT2D eigenvalue weighted by molar-refractivity contribution is 6.00. The van der Waals surface area contributed by atoms with Crippen molar-refractivity contribution in [3.8, 4) is 0 Å². The van der Waals surface area contributed by atoms with Crippen LogP contribution in [0, 0.1) is 17.7 Å². The van der Waals surface area contributed by atoms with E-state index in [-0.39, 0.29) is 17.3 Å². The van der Waals surface area contributed by atoms with Gasteiger partial charge in [0.05, 0.1) is 11.4 Å². The maximum absolute atomic E-state index is 13.5. The van der Waals surface area contributed by atoms with Crippen LogP contribution in [-0.4, -0.2) is 23.7 Å². The Labute approximate surface area is 118 Å². The van der Waals surface area contributed by atoms with Crippen molar-refractivity contribution in [3.05, 3.63) is 23.5 Å². The molecule has 3 unspecified atom stereocenters. The SMILES string of the molecule is CC1CC(C)C(C)N(c2ccc(F)c(N)c2C(=O)O)C1. The molecule has 1 aliphatic rings. The first-order chi connectivity index (χ1) is 9.32. The number of hydrogen-bond acceptors (Lipinski definition) is 3. The van der Waals surface area contributed by atoms with Gasteiger partial charge in [0.15, 0.2) is 0 Å². The number of carboxylic acid groups (broad SMARTS) is 1. The number of aromatic carboxylic acids is 1. The van der Waals surface area contributed by atoms with Crippen molar-refractivity contribution in [2.75, 3.05) is 17.2 Å². The zero-order valence-electron chi connectivity index (χ0n) is 12.1. The number of carbonyl (C=O) groups is 1. The van der Waals surface area contributed by atoms with E-state index in [0.29, 0.717) is 17.5 Å². The summed E-state index contributed by atoms with van der Waals surface area (Å²) in [4.78, 5) is 13.5. The first-order valence-corrected chi connectivity index (χ1v) is 6.90. The van der Waals surface area contributed by atoms with E-state index < -0.39 is 11.8 Å². The number of benzene rings is 1. The molecule has 1 aromatic carbocycles. The Morgan fingerprint density at radius 2 is 2.05 bits per heavy atom. The summed E-state index contributed by atoms with van der Waals surface area (Å²) in [6, 6.07) is 2.97. The molecule has 0 spiro atoms. The van der Waals surface area contributed by atoms with Gasteiger partial charge in [-0.2, -0.15) is 0 Å². The summed E-state index contributed by atoms with van der Waals surface area (Å²) in [6.45, 7) is 7.13. The Morgan fingerprint density at radius 1 is 1.40 bits per heavy atom. The highest BCUT2D eigenvalue weighted by Gasteiger charge is 2.32. The molecular weight excluding hydrogens is 259 g/mol. The van der Waals surface area contributed by atoms with Crippen molar-refractivity contribution in [1.82, 2.24) is 0 Å². The van der Waals surface area contributed by atoms with Gasteiger partial charge >= 0.3 is 5.97 Å². The molecule has 5 heteroatoms. The fourth-order valence-corrected chi connectivity index (χ4v) is 3.08. The number of anilines is 2. The van der Waals surface area contributed by atoms with Crippen LogP contribution < -0.4 is 10.6 Å². The third-order valence-electron chi connectivity index (χ3n) is 4.29. The van der Waals surface area contributed by atoms with Gasteiger partial charge in [-0.15, -0.1) is 0 Å². The van der Waals surface area contributed by atoms with Crippen molar-refractivity contribution in [1.29, 1.82) is 0 Å². The Hall–Kier alpha value is -1.78. The predicted octanol–water partition coefficient (Wildman–Crippen LogP) is 2.98. The van der Waals surface area contributed by atoms with Crippen LogP contribution >= 0.6 is 0 Å². The van der Waals surface area contributed by atoms with Gasteiger partial charge in [-0.25, -0.2) is 9.18 Å². The quantitative estimate of drug-likeness (QED) is 0.817. The second kappa shape index (κ2) is 5.31. The minimum absolute atomic E-state index is 0.127. The third kappa shape index (κ3) is 2.44. The van der Waals surface area contributed by atoms with Gasteiger partial charge in [-0.3, -0.25) is 0 Å². The van der Waals surface area contributed by atoms with E-state index in [1.54, 1.807) is 0 Å². The molecule has 20 heavy (non-hydrogen) atoms. The van der Waals surface area contributed by atoms with E-state index in [1.807, 2.05) is 4.90 Å². The summed E-state index contributed by atoms with van der Waals surface area (Å²) in [6.07, 6.45) is 1.11. The minimum Gasteiger partial charge on any atom is -0.478 e. The molecule has 3 N–H and O–H groups in total. The maximum Gasteiger partial charge on any atom is 0.340 e. The zero-order chi connectivity index (χ0) is 15.0. The molecule has 0 radical (unpaired) electrons. The van der Waals surface area contributed by atoms with Crippen LogP contribution in [0.5, 0.6) is 0 Å². The molecule has 1 fully saturated rings. The van der Waals surface area contributed by atoms with Crippen LogP contribution in [0.15, 0.2) is 12.1 Å². The normalized spacial score (nSPS) is 26.6. The second-order valence-electron chi connectivity index (χ2n) is 5.87.